The lowest BCUT2D eigenvalue weighted by atomic mass is 9.99. The molecule has 0 fully saturated rings. The van der Waals surface area contributed by atoms with Gasteiger partial charge in [-0.2, -0.15) is 13.2 Å². The quantitative estimate of drug-likeness (QED) is 0.324. The Morgan fingerprint density at radius 3 is 2.73 bits per heavy atom. The predicted octanol–water partition coefficient (Wildman–Crippen LogP) is 2.76. The molecule has 1 aliphatic rings. The van der Waals surface area contributed by atoms with Crippen molar-refractivity contribution in [1.82, 2.24) is 9.88 Å². The van der Waals surface area contributed by atoms with Crippen molar-refractivity contribution in [3.8, 4) is 0 Å². The molecule has 2 unspecified atom stereocenters. The number of pyridine rings is 1. The third kappa shape index (κ3) is 3.21. The van der Waals surface area contributed by atoms with Crippen molar-refractivity contribution in [3.63, 3.8) is 0 Å². The molecule has 0 aromatic carbocycles. The van der Waals surface area contributed by atoms with Gasteiger partial charge in [-0.05, 0) is 5.56 Å². The summed E-state index contributed by atoms with van der Waals surface area (Å²) in [7, 11) is 0. The van der Waals surface area contributed by atoms with Gasteiger partial charge in [-0.1, -0.05) is 22.9 Å². The molecule has 1 aromatic heterocycles. The first-order chi connectivity index (χ1) is 10.1. The van der Waals surface area contributed by atoms with Crippen molar-refractivity contribution in [1.29, 1.82) is 0 Å². The molecule has 10 heteroatoms. The first-order valence-electron chi connectivity index (χ1n) is 6.26. The van der Waals surface area contributed by atoms with Gasteiger partial charge < -0.3 is 4.90 Å². The van der Waals surface area contributed by atoms with Gasteiger partial charge in [-0.15, -0.1) is 0 Å². The molecule has 1 amide bonds. The summed E-state index contributed by atoms with van der Waals surface area (Å²) in [5.74, 6) is -2.44. The van der Waals surface area contributed by atoms with E-state index in [1.54, 1.807) is 6.92 Å². The van der Waals surface area contributed by atoms with E-state index in [1.165, 1.54) is 6.07 Å². The fourth-order valence-corrected chi connectivity index (χ4v) is 3.01. The monoisotopic (exact) mass is 381 g/mol. The second-order valence-corrected chi connectivity index (χ2v) is 6.04. The molecule has 0 radical (unpaired) electrons. The third-order valence-electron chi connectivity index (χ3n) is 3.40. The highest BCUT2D eigenvalue weighted by Crippen LogP contribution is 2.33. The topological polar surface area (TPSA) is 76.3 Å². The minimum atomic E-state index is -4.97. The molecule has 2 rings (SSSR count). The van der Waals surface area contributed by atoms with Crippen LogP contribution in [0.1, 0.15) is 24.1 Å². The van der Waals surface area contributed by atoms with Crippen molar-refractivity contribution in [2.45, 2.75) is 30.4 Å². The molecule has 2 atom stereocenters. The minimum absolute atomic E-state index is 0.0412. The summed E-state index contributed by atoms with van der Waals surface area (Å²) in [6.07, 6.45) is -3.87. The highest BCUT2D eigenvalue weighted by molar-refractivity contribution is 9.09. The van der Waals surface area contributed by atoms with Crippen LogP contribution in [0, 0.1) is 10.1 Å². The first kappa shape index (κ1) is 16.7. The van der Waals surface area contributed by atoms with E-state index in [0.29, 0.717) is 16.2 Å². The Bertz CT molecular complexity index is 623. The Morgan fingerprint density at radius 1 is 1.55 bits per heavy atom. The molecule has 1 aliphatic heterocycles. The number of alkyl halides is 4. The van der Waals surface area contributed by atoms with Crippen LogP contribution in [0.2, 0.25) is 0 Å². The molecule has 0 bridgehead atoms. The molecule has 1 aromatic rings. The van der Waals surface area contributed by atoms with Crippen molar-refractivity contribution >= 4 is 27.5 Å². The average Bonchev–Trinajstić information content (AvgIpc) is 2.53. The molecule has 2 heterocycles. The predicted molar refractivity (Wildman–Crippen MR) is 73.5 cm³/mol. The fraction of sp³-hybridized carbons (Fsp3) is 0.500. The van der Waals surface area contributed by atoms with Crippen LogP contribution in [-0.4, -0.2) is 38.4 Å². The Balaban J connectivity index is 2.38. The fourth-order valence-electron chi connectivity index (χ4n) is 2.35. The van der Waals surface area contributed by atoms with Crippen LogP contribution in [-0.2, 0) is 11.2 Å². The van der Waals surface area contributed by atoms with Crippen LogP contribution < -0.4 is 0 Å². The number of nitro groups is 1. The lowest BCUT2D eigenvalue weighted by Gasteiger charge is -2.28. The molecule has 0 saturated carbocycles. The molecule has 0 N–H and O–H groups in total. The van der Waals surface area contributed by atoms with Gasteiger partial charge in [0.25, 0.3) is 5.69 Å². The number of halogens is 4. The van der Waals surface area contributed by atoms with Crippen LogP contribution in [0.4, 0.5) is 18.9 Å². The zero-order valence-electron chi connectivity index (χ0n) is 11.3. The van der Waals surface area contributed by atoms with Crippen molar-refractivity contribution in [2.75, 3.05) is 6.54 Å². The Labute approximate surface area is 131 Å². The largest absolute Gasteiger partial charge is 0.471 e. The van der Waals surface area contributed by atoms with Crippen molar-refractivity contribution in [3.05, 3.63) is 33.6 Å². The number of amides is 1. The highest BCUT2D eigenvalue weighted by Gasteiger charge is 2.45. The van der Waals surface area contributed by atoms with Crippen molar-refractivity contribution < 1.29 is 22.9 Å². The average molecular weight is 382 g/mol. The zero-order valence-corrected chi connectivity index (χ0v) is 12.9. The smallest absolute Gasteiger partial charge is 0.321 e. The van der Waals surface area contributed by atoms with Crippen LogP contribution in [0.3, 0.4) is 0 Å². The summed E-state index contributed by atoms with van der Waals surface area (Å²) >= 11 is 3.07. The van der Waals surface area contributed by atoms with Gasteiger partial charge in [0.2, 0.25) is 0 Å². The van der Waals surface area contributed by atoms with Gasteiger partial charge in [0.15, 0.2) is 0 Å². The number of rotatable bonds is 1. The van der Waals surface area contributed by atoms with E-state index < -0.39 is 27.9 Å². The zero-order chi connectivity index (χ0) is 16.7. The maximum Gasteiger partial charge on any atom is 0.471 e. The molecular formula is C12H11BrF3N3O3. The van der Waals surface area contributed by atoms with E-state index in [-0.39, 0.29) is 18.7 Å². The molecule has 22 heavy (non-hydrogen) atoms. The van der Waals surface area contributed by atoms with Crippen LogP contribution in [0.15, 0.2) is 12.3 Å². The number of carbonyl (C=O) groups excluding carboxylic acids is 1. The molecular weight excluding hydrogens is 371 g/mol. The highest BCUT2D eigenvalue weighted by atomic mass is 79.9. The van der Waals surface area contributed by atoms with Crippen molar-refractivity contribution in [2.24, 2.45) is 0 Å². The lowest BCUT2D eigenvalue weighted by Crippen LogP contribution is -2.46. The van der Waals surface area contributed by atoms with Gasteiger partial charge in [0.1, 0.15) is 6.20 Å². The molecule has 0 aliphatic carbocycles. The summed E-state index contributed by atoms with van der Waals surface area (Å²) in [6, 6.07) is 1.30. The maximum absolute atomic E-state index is 12.6. The van der Waals surface area contributed by atoms with Gasteiger partial charge in [0.05, 0.1) is 9.87 Å². The number of aromatic nitrogens is 1. The molecule has 120 valence electrons. The Kier molecular flexibility index (Phi) is 4.41. The summed E-state index contributed by atoms with van der Waals surface area (Å²) in [6.45, 7) is 1.40. The number of fused-ring (bicyclic) bond motifs is 1. The van der Waals surface area contributed by atoms with E-state index in [0.717, 1.165) is 6.20 Å². The van der Waals surface area contributed by atoms with Gasteiger partial charge >= 0.3 is 12.1 Å². The second kappa shape index (κ2) is 5.82. The van der Waals surface area contributed by atoms with Crippen LogP contribution in [0.25, 0.3) is 0 Å². The molecule has 0 saturated heterocycles. The summed E-state index contributed by atoms with van der Waals surface area (Å²) in [5.41, 5.74) is 0.695. The van der Waals surface area contributed by atoms with Crippen LogP contribution >= 0.6 is 15.9 Å². The number of carbonyl (C=O) groups is 1. The SMILES string of the molecule is CC1CN(C(=O)C(F)(F)F)C(Br)Cc2ncc([N+](=O)[O-])cc21. The number of hydrogen-bond donors (Lipinski definition) is 0. The van der Waals surface area contributed by atoms with Gasteiger partial charge in [0, 0.05) is 30.6 Å². The van der Waals surface area contributed by atoms with Gasteiger partial charge in [-0.25, -0.2) is 0 Å². The summed E-state index contributed by atoms with van der Waals surface area (Å²) < 4.78 is 37.9. The minimum Gasteiger partial charge on any atom is -0.321 e. The number of nitrogens with zero attached hydrogens (tertiary/aromatic N) is 3. The second-order valence-electron chi connectivity index (χ2n) is 4.98. The third-order valence-corrected chi connectivity index (χ3v) is 4.22. The Morgan fingerprint density at radius 2 is 2.18 bits per heavy atom. The van der Waals surface area contributed by atoms with Crippen LogP contribution in [0.5, 0.6) is 0 Å². The molecule has 0 spiro atoms. The standard InChI is InChI=1S/C12H11BrF3N3O3/c1-6-5-18(11(20)12(14,15)16)10(13)3-9-8(6)2-7(4-17-9)19(21)22/h2,4,6,10H,3,5H2,1H3. The maximum atomic E-state index is 12.6. The first-order valence-corrected chi connectivity index (χ1v) is 7.18. The van der Waals surface area contributed by atoms with E-state index in [2.05, 4.69) is 20.9 Å². The van der Waals surface area contributed by atoms with E-state index in [1.807, 2.05) is 0 Å². The van der Waals surface area contributed by atoms with E-state index >= 15 is 0 Å². The van der Waals surface area contributed by atoms with Gasteiger partial charge in [-0.3, -0.25) is 19.9 Å². The van der Waals surface area contributed by atoms with E-state index in [9.17, 15) is 28.1 Å². The Hall–Kier alpha value is -1.71. The number of hydrogen-bond acceptors (Lipinski definition) is 4. The lowest BCUT2D eigenvalue weighted by molar-refractivity contribution is -0.385. The van der Waals surface area contributed by atoms with E-state index in [4.69, 9.17) is 0 Å². The molecule has 6 nitrogen and oxygen atoms in total. The summed E-state index contributed by atoms with van der Waals surface area (Å²) in [4.78, 5) is 25.4. The normalized spacial score (nSPS) is 22.0. The summed E-state index contributed by atoms with van der Waals surface area (Å²) in [5, 5.41) is 10.8.